The first kappa shape index (κ1) is 27.1. The number of aryl methyl sites for hydroxylation is 1. The predicted molar refractivity (Wildman–Crippen MR) is 140 cm³/mol. The van der Waals surface area contributed by atoms with Crippen molar-refractivity contribution in [2.45, 2.75) is 52.7 Å². The average Bonchev–Trinajstić information content (AvgIpc) is 2.76. The van der Waals surface area contributed by atoms with E-state index in [0.29, 0.717) is 5.69 Å². The molecule has 2 atom stereocenters. The lowest BCUT2D eigenvalue weighted by Gasteiger charge is -2.32. The van der Waals surface area contributed by atoms with E-state index in [1.54, 1.807) is 31.2 Å². The van der Waals surface area contributed by atoms with E-state index in [9.17, 15) is 18.0 Å². The van der Waals surface area contributed by atoms with E-state index in [1.165, 1.54) is 4.90 Å². The first-order valence-corrected chi connectivity index (χ1v) is 13.7. The van der Waals surface area contributed by atoms with Crippen LogP contribution in [-0.2, 0) is 26.2 Å². The van der Waals surface area contributed by atoms with Crippen molar-refractivity contribution >= 4 is 50.1 Å². The van der Waals surface area contributed by atoms with E-state index in [0.717, 1.165) is 31.7 Å². The van der Waals surface area contributed by atoms with Crippen LogP contribution in [0.15, 0.2) is 48.5 Å². The molecule has 0 spiro atoms. The first-order valence-electron chi connectivity index (χ1n) is 10.8. The van der Waals surface area contributed by atoms with Gasteiger partial charge in [-0.2, -0.15) is 0 Å². The van der Waals surface area contributed by atoms with Crippen molar-refractivity contribution in [3.8, 4) is 0 Å². The molecule has 0 aliphatic heterocycles. The topological polar surface area (TPSA) is 86.8 Å². The van der Waals surface area contributed by atoms with E-state index < -0.39 is 28.5 Å². The maximum Gasteiger partial charge on any atom is 0.244 e. The molecule has 7 nitrogen and oxygen atoms in total. The first-order chi connectivity index (χ1) is 15.4. The van der Waals surface area contributed by atoms with Gasteiger partial charge in [0.2, 0.25) is 21.8 Å². The number of hydrogen-bond acceptors (Lipinski definition) is 4. The number of nitrogens with zero attached hydrogens (tertiary/aromatic N) is 2. The zero-order valence-corrected chi connectivity index (χ0v) is 22.7. The molecule has 0 bridgehead atoms. The molecule has 9 heteroatoms. The Kier molecular flexibility index (Phi) is 9.71. The lowest BCUT2D eigenvalue weighted by Crippen LogP contribution is -2.52. The fourth-order valence-corrected chi connectivity index (χ4v) is 4.37. The molecule has 0 saturated carbocycles. The highest BCUT2D eigenvalue weighted by molar-refractivity contribution is 14.1. The van der Waals surface area contributed by atoms with Crippen LogP contribution in [0, 0.1) is 10.5 Å². The van der Waals surface area contributed by atoms with Gasteiger partial charge in [-0.1, -0.05) is 36.8 Å². The highest BCUT2D eigenvalue weighted by atomic mass is 127. The van der Waals surface area contributed by atoms with Gasteiger partial charge in [-0.3, -0.25) is 13.9 Å². The fourth-order valence-electron chi connectivity index (χ4n) is 3.16. The normalized spacial score (nSPS) is 13.2. The molecule has 0 aliphatic rings. The van der Waals surface area contributed by atoms with Gasteiger partial charge in [0.05, 0.1) is 11.9 Å². The third-order valence-corrected chi connectivity index (χ3v) is 7.30. The quantitative estimate of drug-likeness (QED) is 0.431. The number of carbonyl (C=O) groups is 2. The molecule has 0 fully saturated rings. The van der Waals surface area contributed by atoms with Gasteiger partial charge in [-0.25, -0.2) is 8.42 Å². The second-order valence-electron chi connectivity index (χ2n) is 8.25. The fraction of sp³-hybridized carbons (Fsp3) is 0.417. The second kappa shape index (κ2) is 11.8. The number of halogens is 1. The summed E-state index contributed by atoms with van der Waals surface area (Å²) in [6.45, 7) is 7.30. The van der Waals surface area contributed by atoms with Crippen LogP contribution in [0.2, 0.25) is 0 Å². The van der Waals surface area contributed by atoms with E-state index in [-0.39, 0.29) is 18.5 Å². The van der Waals surface area contributed by atoms with Gasteiger partial charge in [-0.15, -0.1) is 0 Å². The number of nitrogens with one attached hydrogen (secondary N) is 1. The number of anilines is 1. The van der Waals surface area contributed by atoms with Gasteiger partial charge in [0.25, 0.3) is 0 Å². The van der Waals surface area contributed by atoms with Crippen LogP contribution in [0.1, 0.15) is 38.3 Å². The van der Waals surface area contributed by atoms with Crippen molar-refractivity contribution in [3.05, 3.63) is 63.2 Å². The largest absolute Gasteiger partial charge is 0.352 e. The van der Waals surface area contributed by atoms with Crippen LogP contribution in [-0.4, -0.2) is 50.0 Å². The minimum Gasteiger partial charge on any atom is -0.352 e. The van der Waals surface area contributed by atoms with Gasteiger partial charge in [-0.05, 0) is 79.6 Å². The number of carbonyl (C=O) groups excluding carboxylic acids is 2. The highest BCUT2D eigenvalue weighted by Gasteiger charge is 2.30. The van der Waals surface area contributed by atoms with Crippen LogP contribution in [0.4, 0.5) is 5.69 Å². The lowest BCUT2D eigenvalue weighted by molar-refractivity contribution is -0.139. The number of rotatable bonds is 10. The van der Waals surface area contributed by atoms with Crippen molar-refractivity contribution in [3.63, 3.8) is 0 Å². The average molecular weight is 586 g/mol. The molecule has 0 radical (unpaired) electrons. The summed E-state index contributed by atoms with van der Waals surface area (Å²) < 4.78 is 27.1. The summed E-state index contributed by atoms with van der Waals surface area (Å²) in [7, 11) is -3.72. The van der Waals surface area contributed by atoms with Crippen LogP contribution in [0.25, 0.3) is 0 Å². The monoisotopic (exact) mass is 585 g/mol. The van der Waals surface area contributed by atoms with Gasteiger partial charge in [0.1, 0.15) is 12.6 Å². The molecular formula is C24H32IN3O4S. The molecule has 180 valence electrons. The van der Waals surface area contributed by atoms with Crippen LogP contribution < -0.4 is 9.62 Å². The number of sulfonamides is 1. The Bertz CT molecular complexity index is 1060. The minimum absolute atomic E-state index is 0.0319. The molecule has 0 heterocycles. The minimum atomic E-state index is -3.72. The van der Waals surface area contributed by atoms with Crippen molar-refractivity contribution in [1.29, 1.82) is 0 Å². The molecule has 33 heavy (non-hydrogen) atoms. The Morgan fingerprint density at radius 1 is 1.03 bits per heavy atom. The summed E-state index contributed by atoms with van der Waals surface area (Å²) in [5.41, 5.74) is 2.34. The predicted octanol–water partition coefficient (Wildman–Crippen LogP) is 3.70. The molecule has 0 aromatic heterocycles. The van der Waals surface area contributed by atoms with Crippen molar-refractivity contribution < 1.29 is 18.0 Å². The van der Waals surface area contributed by atoms with Gasteiger partial charge in [0.15, 0.2) is 0 Å². The summed E-state index contributed by atoms with van der Waals surface area (Å²) in [6.07, 6.45) is 1.83. The molecule has 0 unspecified atom stereocenters. The summed E-state index contributed by atoms with van der Waals surface area (Å²) in [4.78, 5) is 27.7. The van der Waals surface area contributed by atoms with Crippen molar-refractivity contribution in [2.75, 3.05) is 17.1 Å². The zero-order valence-electron chi connectivity index (χ0n) is 19.7. The van der Waals surface area contributed by atoms with Crippen LogP contribution in [0.5, 0.6) is 0 Å². The Balaban J connectivity index is 2.36. The molecule has 2 rings (SSSR count). The van der Waals surface area contributed by atoms with Gasteiger partial charge < -0.3 is 10.2 Å². The number of hydrogen-bond donors (Lipinski definition) is 1. The van der Waals surface area contributed by atoms with Gasteiger partial charge in [0, 0.05) is 16.2 Å². The lowest BCUT2D eigenvalue weighted by atomic mass is 10.1. The Hall–Kier alpha value is -2.14. The molecule has 0 saturated heterocycles. The Labute approximate surface area is 210 Å². The number of amides is 2. The Morgan fingerprint density at radius 3 is 2.12 bits per heavy atom. The SMILES string of the molecule is CC[C@@H](C)NC(=O)[C@@H](C)N(Cc1ccc(C)cc1)C(=O)CN(c1ccc(I)cc1)S(C)(=O)=O. The maximum absolute atomic E-state index is 13.5. The third-order valence-electron chi connectivity index (χ3n) is 5.44. The molecule has 2 aromatic rings. The molecule has 0 aliphatic carbocycles. The van der Waals surface area contributed by atoms with E-state index in [1.807, 2.05) is 45.0 Å². The molecule has 2 aromatic carbocycles. The summed E-state index contributed by atoms with van der Waals surface area (Å²) >= 11 is 2.13. The van der Waals surface area contributed by atoms with Crippen molar-refractivity contribution in [1.82, 2.24) is 10.2 Å². The molecular weight excluding hydrogens is 553 g/mol. The highest BCUT2D eigenvalue weighted by Crippen LogP contribution is 2.20. The molecule has 2 amide bonds. The van der Waals surface area contributed by atoms with E-state index in [4.69, 9.17) is 0 Å². The smallest absolute Gasteiger partial charge is 0.244 e. The van der Waals surface area contributed by atoms with Crippen LogP contribution in [0.3, 0.4) is 0 Å². The standard InChI is InChI=1S/C24H32IN3O4S/c1-6-18(3)26-24(30)19(4)27(15-20-9-7-17(2)8-10-20)23(29)16-28(33(5,31)32)22-13-11-21(25)12-14-22/h7-14,18-19H,6,15-16H2,1-5H3,(H,26,30)/t18-,19-/m1/s1. The third kappa shape index (κ3) is 7.99. The Morgan fingerprint density at radius 2 is 1.61 bits per heavy atom. The summed E-state index contributed by atoms with van der Waals surface area (Å²) in [5, 5.41) is 2.92. The summed E-state index contributed by atoms with van der Waals surface area (Å²) in [5.74, 6) is -0.726. The number of benzene rings is 2. The van der Waals surface area contributed by atoms with Crippen LogP contribution >= 0.6 is 22.6 Å². The second-order valence-corrected chi connectivity index (χ2v) is 11.4. The van der Waals surface area contributed by atoms with E-state index in [2.05, 4.69) is 27.9 Å². The zero-order chi connectivity index (χ0) is 24.8. The maximum atomic E-state index is 13.5. The van der Waals surface area contributed by atoms with E-state index >= 15 is 0 Å². The molecule has 1 N–H and O–H groups in total. The summed E-state index contributed by atoms with van der Waals surface area (Å²) in [6, 6.07) is 13.8. The van der Waals surface area contributed by atoms with Gasteiger partial charge >= 0.3 is 0 Å². The van der Waals surface area contributed by atoms with Crippen molar-refractivity contribution in [2.24, 2.45) is 0 Å².